The molecule has 1 amide bonds. The Labute approximate surface area is 164 Å². The van der Waals surface area contributed by atoms with Gasteiger partial charge in [0.25, 0.3) is 5.56 Å². The van der Waals surface area contributed by atoms with Crippen molar-refractivity contribution in [3.63, 3.8) is 0 Å². The van der Waals surface area contributed by atoms with Crippen molar-refractivity contribution in [1.29, 1.82) is 0 Å². The zero-order valence-corrected chi connectivity index (χ0v) is 17.1. The molecule has 1 aliphatic carbocycles. The average Bonchev–Trinajstić information content (AvgIpc) is 3.34. The Morgan fingerprint density at radius 1 is 1.41 bits per heavy atom. The van der Waals surface area contributed by atoms with Crippen molar-refractivity contribution < 1.29 is 9.21 Å². The highest BCUT2D eigenvalue weighted by Gasteiger charge is 2.30. The van der Waals surface area contributed by atoms with E-state index in [9.17, 15) is 9.59 Å². The second-order valence-corrected chi connectivity index (χ2v) is 8.13. The SMILES string of the molecule is Cc1c(Br)ccc2c3oc(CNC(=O)CN(C)C)nc3c(=O)n(C3CC3)c12. The fourth-order valence-electron chi connectivity index (χ4n) is 3.35. The molecule has 7 nitrogen and oxygen atoms in total. The number of likely N-dealkylation sites (N-methyl/N-ethyl adjacent to an activating group) is 1. The summed E-state index contributed by atoms with van der Waals surface area (Å²) in [6.07, 6.45) is 2.00. The van der Waals surface area contributed by atoms with E-state index in [2.05, 4.69) is 26.2 Å². The van der Waals surface area contributed by atoms with Crippen molar-refractivity contribution in [3.05, 3.63) is 38.4 Å². The molecule has 0 aliphatic heterocycles. The minimum absolute atomic E-state index is 0.123. The zero-order chi connectivity index (χ0) is 19.3. The molecule has 1 fully saturated rings. The number of aromatic nitrogens is 2. The van der Waals surface area contributed by atoms with Crippen LogP contribution in [-0.2, 0) is 11.3 Å². The summed E-state index contributed by atoms with van der Waals surface area (Å²) in [5.41, 5.74) is 2.59. The van der Waals surface area contributed by atoms with Crippen LogP contribution >= 0.6 is 15.9 Å². The molecule has 1 aromatic carbocycles. The van der Waals surface area contributed by atoms with Gasteiger partial charge in [-0.1, -0.05) is 15.9 Å². The summed E-state index contributed by atoms with van der Waals surface area (Å²) in [4.78, 5) is 31.2. The predicted octanol–water partition coefficient (Wildman–Crippen LogP) is 2.73. The quantitative estimate of drug-likeness (QED) is 0.670. The van der Waals surface area contributed by atoms with E-state index in [4.69, 9.17) is 4.42 Å². The number of hydrogen-bond acceptors (Lipinski definition) is 5. The second-order valence-electron chi connectivity index (χ2n) is 7.27. The van der Waals surface area contributed by atoms with E-state index in [0.29, 0.717) is 17.0 Å². The lowest BCUT2D eigenvalue weighted by Crippen LogP contribution is -2.32. The first-order chi connectivity index (χ1) is 12.9. The van der Waals surface area contributed by atoms with Crippen LogP contribution in [-0.4, -0.2) is 41.0 Å². The smallest absolute Gasteiger partial charge is 0.281 e. The predicted molar refractivity (Wildman–Crippen MR) is 107 cm³/mol. The molecule has 0 saturated heterocycles. The van der Waals surface area contributed by atoms with Gasteiger partial charge in [-0.05, 0) is 51.6 Å². The third kappa shape index (κ3) is 3.27. The van der Waals surface area contributed by atoms with Gasteiger partial charge in [-0.3, -0.25) is 9.59 Å². The highest BCUT2D eigenvalue weighted by molar-refractivity contribution is 9.10. The Balaban J connectivity index is 1.82. The molecule has 142 valence electrons. The van der Waals surface area contributed by atoms with Gasteiger partial charge < -0.3 is 19.2 Å². The largest absolute Gasteiger partial charge is 0.438 e. The molecular weight excluding hydrogens is 412 g/mol. The molecule has 0 atom stereocenters. The van der Waals surface area contributed by atoms with Gasteiger partial charge in [-0.25, -0.2) is 4.98 Å². The number of carbonyl (C=O) groups is 1. The number of aryl methyl sites for hydroxylation is 1. The Morgan fingerprint density at radius 3 is 2.81 bits per heavy atom. The van der Waals surface area contributed by atoms with E-state index >= 15 is 0 Å². The topological polar surface area (TPSA) is 80.4 Å². The summed E-state index contributed by atoms with van der Waals surface area (Å²) in [6, 6.07) is 4.13. The third-order valence-electron chi connectivity index (χ3n) is 4.75. The summed E-state index contributed by atoms with van der Waals surface area (Å²) in [5.74, 6) is 0.215. The van der Waals surface area contributed by atoms with Gasteiger partial charge in [0.05, 0.1) is 18.6 Å². The second kappa shape index (κ2) is 6.76. The molecular formula is C19H21BrN4O3. The lowest BCUT2D eigenvalue weighted by Gasteiger charge is -2.12. The van der Waals surface area contributed by atoms with Crippen molar-refractivity contribution >= 4 is 43.8 Å². The van der Waals surface area contributed by atoms with Gasteiger partial charge in [0.2, 0.25) is 11.8 Å². The fraction of sp³-hybridized carbons (Fsp3) is 0.421. The minimum atomic E-state index is -0.129. The molecule has 0 spiro atoms. The summed E-state index contributed by atoms with van der Waals surface area (Å²) < 4.78 is 8.71. The van der Waals surface area contributed by atoms with Crippen LogP contribution in [0.1, 0.15) is 30.3 Å². The highest BCUT2D eigenvalue weighted by Crippen LogP contribution is 2.39. The van der Waals surface area contributed by atoms with Crippen LogP contribution in [0.4, 0.5) is 0 Å². The lowest BCUT2D eigenvalue weighted by atomic mass is 10.1. The van der Waals surface area contributed by atoms with Crippen LogP contribution < -0.4 is 10.9 Å². The first-order valence-electron chi connectivity index (χ1n) is 8.91. The van der Waals surface area contributed by atoms with E-state index in [-0.39, 0.29) is 30.6 Å². The molecule has 1 N–H and O–H groups in total. The normalized spacial score (nSPS) is 14.4. The molecule has 27 heavy (non-hydrogen) atoms. The first-order valence-corrected chi connectivity index (χ1v) is 9.70. The van der Waals surface area contributed by atoms with Gasteiger partial charge in [0.1, 0.15) is 0 Å². The number of oxazole rings is 1. The average molecular weight is 433 g/mol. The number of nitrogens with one attached hydrogen (secondary N) is 1. The molecule has 0 unspecified atom stereocenters. The van der Waals surface area contributed by atoms with E-state index < -0.39 is 0 Å². The number of halogens is 1. The summed E-state index contributed by atoms with van der Waals surface area (Å²) >= 11 is 3.56. The van der Waals surface area contributed by atoms with E-state index in [1.807, 2.05) is 37.7 Å². The third-order valence-corrected chi connectivity index (χ3v) is 5.61. The maximum absolute atomic E-state index is 13.1. The molecule has 2 aromatic heterocycles. The number of benzene rings is 1. The number of pyridine rings is 1. The van der Waals surface area contributed by atoms with Crippen LogP contribution in [0.5, 0.6) is 0 Å². The lowest BCUT2D eigenvalue weighted by molar-refractivity contribution is -0.121. The Bertz CT molecular complexity index is 1110. The summed E-state index contributed by atoms with van der Waals surface area (Å²) in [5, 5.41) is 3.65. The Hall–Kier alpha value is -2.19. The van der Waals surface area contributed by atoms with Crippen LogP contribution in [0.3, 0.4) is 0 Å². The minimum Gasteiger partial charge on any atom is -0.438 e. The molecule has 0 radical (unpaired) electrons. The van der Waals surface area contributed by atoms with Gasteiger partial charge >= 0.3 is 0 Å². The number of nitrogens with zero attached hydrogens (tertiary/aromatic N) is 3. The van der Waals surface area contributed by atoms with Gasteiger partial charge in [0, 0.05) is 15.9 Å². The maximum Gasteiger partial charge on any atom is 0.281 e. The van der Waals surface area contributed by atoms with Crippen molar-refractivity contribution in [2.75, 3.05) is 20.6 Å². The molecule has 2 heterocycles. The number of carbonyl (C=O) groups excluding carboxylic acids is 1. The molecule has 8 heteroatoms. The number of fused-ring (bicyclic) bond motifs is 3. The first kappa shape index (κ1) is 18.2. The monoisotopic (exact) mass is 432 g/mol. The number of rotatable bonds is 5. The summed E-state index contributed by atoms with van der Waals surface area (Å²) in [7, 11) is 3.65. The van der Waals surface area contributed by atoms with Gasteiger partial charge in [0.15, 0.2) is 11.1 Å². The number of amides is 1. The molecule has 1 aliphatic rings. The van der Waals surface area contributed by atoms with Crippen molar-refractivity contribution in [1.82, 2.24) is 19.8 Å². The molecule has 4 rings (SSSR count). The van der Waals surface area contributed by atoms with Crippen LogP contribution in [0.25, 0.3) is 22.0 Å². The summed E-state index contributed by atoms with van der Waals surface area (Å²) in [6.45, 7) is 2.43. The van der Waals surface area contributed by atoms with Crippen molar-refractivity contribution in [2.45, 2.75) is 32.4 Å². The van der Waals surface area contributed by atoms with Crippen molar-refractivity contribution in [2.24, 2.45) is 0 Å². The van der Waals surface area contributed by atoms with E-state index in [1.54, 1.807) is 4.90 Å². The zero-order valence-electron chi connectivity index (χ0n) is 15.5. The van der Waals surface area contributed by atoms with E-state index in [0.717, 1.165) is 33.8 Å². The van der Waals surface area contributed by atoms with Crippen LogP contribution in [0.15, 0.2) is 25.8 Å². The Kier molecular flexibility index (Phi) is 4.55. The number of hydrogen-bond donors (Lipinski definition) is 1. The van der Waals surface area contributed by atoms with Gasteiger partial charge in [-0.15, -0.1) is 0 Å². The Morgan fingerprint density at radius 2 is 2.15 bits per heavy atom. The highest BCUT2D eigenvalue weighted by atomic mass is 79.9. The molecule has 1 saturated carbocycles. The van der Waals surface area contributed by atoms with Gasteiger partial charge in [-0.2, -0.15) is 0 Å². The van der Waals surface area contributed by atoms with Crippen LogP contribution in [0, 0.1) is 6.92 Å². The van der Waals surface area contributed by atoms with Crippen molar-refractivity contribution in [3.8, 4) is 0 Å². The van der Waals surface area contributed by atoms with E-state index in [1.165, 1.54) is 0 Å². The molecule has 0 bridgehead atoms. The molecule has 3 aromatic rings. The maximum atomic E-state index is 13.1. The van der Waals surface area contributed by atoms with Crippen LogP contribution in [0.2, 0.25) is 0 Å². The standard InChI is InChI=1S/C19H21BrN4O3/c1-10-13(20)7-6-12-17(10)24(11-4-5-11)19(26)16-18(12)27-15(22-16)8-21-14(25)9-23(2)3/h6-7,11H,4-5,8-9H2,1-3H3,(H,21,25). The fourth-order valence-corrected chi connectivity index (χ4v) is 3.67.